The van der Waals surface area contributed by atoms with E-state index < -0.39 is 12.2 Å². The standard InChI is InChI=1S/C11H16O3/c1-3-10(12)11(13)8-4-6-9(14-2)7-5-8/h4-7,10-13H,3H2,1-2H3/t10-,11-/m0/s1. The first-order chi connectivity index (χ1) is 6.69. The number of rotatable bonds is 4. The number of aliphatic hydroxyl groups is 2. The highest BCUT2D eigenvalue weighted by Gasteiger charge is 2.15. The fraction of sp³-hybridized carbons (Fsp3) is 0.455. The van der Waals surface area contributed by atoms with Crippen LogP contribution >= 0.6 is 0 Å². The number of hydrogen-bond donors (Lipinski definition) is 2. The molecule has 0 aromatic heterocycles. The Morgan fingerprint density at radius 1 is 1.21 bits per heavy atom. The fourth-order valence-corrected chi connectivity index (χ4v) is 1.25. The van der Waals surface area contributed by atoms with E-state index in [4.69, 9.17) is 4.74 Å². The van der Waals surface area contributed by atoms with Crippen LogP contribution in [0.25, 0.3) is 0 Å². The number of benzene rings is 1. The molecule has 0 saturated heterocycles. The molecule has 1 rings (SSSR count). The van der Waals surface area contributed by atoms with Crippen molar-refractivity contribution < 1.29 is 14.9 Å². The van der Waals surface area contributed by atoms with Gasteiger partial charge in [-0.1, -0.05) is 19.1 Å². The SMILES string of the molecule is CC[C@H](O)[C@@H](O)c1ccc(OC)cc1. The molecule has 1 aromatic rings. The lowest BCUT2D eigenvalue weighted by molar-refractivity contribution is 0.0164. The van der Waals surface area contributed by atoms with Crippen LogP contribution in [0, 0.1) is 0 Å². The molecule has 2 atom stereocenters. The Morgan fingerprint density at radius 3 is 2.21 bits per heavy atom. The normalized spacial score (nSPS) is 14.9. The number of methoxy groups -OCH3 is 1. The highest BCUT2D eigenvalue weighted by atomic mass is 16.5. The van der Waals surface area contributed by atoms with Crippen molar-refractivity contribution in [3.05, 3.63) is 29.8 Å². The average molecular weight is 196 g/mol. The van der Waals surface area contributed by atoms with Gasteiger partial charge in [0, 0.05) is 0 Å². The summed E-state index contributed by atoms with van der Waals surface area (Å²) in [5, 5.41) is 19.1. The molecule has 2 N–H and O–H groups in total. The summed E-state index contributed by atoms with van der Waals surface area (Å²) in [5.74, 6) is 0.743. The predicted octanol–water partition coefficient (Wildman–Crippen LogP) is 1.50. The predicted molar refractivity (Wildman–Crippen MR) is 54.3 cm³/mol. The van der Waals surface area contributed by atoms with Crippen molar-refractivity contribution in [1.29, 1.82) is 0 Å². The van der Waals surface area contributed by atoms with E-state index in [1.54, 1.807) is 31.4 Å². The van der Waals surface area contributed by atoms with Crippen molar-refractivity contribution in [2.24, 2.45) is 0 Å². The molecule has 0 saturated carbocycles. The van der Waals surface area contributed by atoms with Gasteiger partial charge < -0.3 is 14.9 Å². The Labute approximate surface area is 84.0 Å². The average Bonchev–Trinajstić information content (AvgIpc) is 2.27. The van der Waals surface area contributed by atoms with Gasteiger partial charge in [0.25, 0.3) is 0 Å². The first-order valence-corrected chi connectivity index (χ1v) is 4.69. The van der Waals surface area contributed by atoms with Crippen molar-refractivity contribution in [1.82, 2.24) is 0 Å². The first-order valence-electron chi connectivity index (χ1n) is 4.69. The van der Waals surface area contributed by atoms with E-state index in [1.165, 1.54) is 0 Å². The summed E-state index contributed by atoms with van der Waals surface area (Å²) in [6, 6.07) is 7.03. The Balaban J connectivity index is 2.75. The molecule has 3 heteroatoms. The molecule has 0 amide bonds. The number of hydrogen-bond acceptors (Lipinski definition) is 3. The van der Waals surface area contributed by atoms with E-state index >= 15 is 0 Å². The topological polar surface area (TPSA) is 49.7 Å². The van der Waals surface area contributed by atoms with Crippen LogP contribution in [0.3, 0.4) is 0 Å². The quantitative estimate of drug-likeness (QED) is 0.767. The molecule has 0 heterocycles. The van der Waals surface area contributed by atoms with E-state index in [-0.39, 0.29) is 0 Å². The van der Waals surface area contributed by atoms with Crippen LogP contribution in [0.15, 0.2) is 24.3 Å². The maximum Gasteiger partial charge on any atom is 0.118 e. The summed E-state index contributed by atoms with van der Waals surface area (Å²) < 4.78 is 4.99. The molecule has 0 aliphatic rings. The van der Waals surface area contributed by atoms with Gasteiger partial charge in [-0.3, -0.25) is 0 Å². The van der Waals surface area contributed by atoms with Crippen LogP contribution < -0.4 is 4.74 Å². The van der Waals surface area contributed by atoms with E-state index in [2.05, 4.69) is 0 Å². The van der Waals surface area contributed by atoms with Gasteiger partial charge in [0.15, 0.2) is 0 Å². The lowest BCUT2D eigenvalue weighted by Crippen LogP contribution is -2.16. The van der Waals surface area contributed by atoms with Gasteiger partial charge in [-0.15, -0.1) is 0 Å². The van der Waals surface area contributed by atoms with Crippen molar-refractivity contribution in [3.63, 3.8) is 0 Å². The van der Waals surface area contributed by atoms with Crippen LogP contribution in [0.1, 0.15) is 25.0 Å². The molecule has 0 fully saturated rings. The second-order valence-corrected chi connectivity index (χ2v) is 3.19. The van der Waals surface area contributed by atoms with Crippen LogP contribution in [-0.2, 0) is 0 Å². The molecule has 0 aliphatic heterocycles. The fourth-order valence-electron chi connectivity index (χ4n) is 1.25. The molecule has 78 valence electrons. The zero-order chi connectivity index (χ0) is 10.6. The Bertz CT molecular complexity index is 268. The molecule has 0 aliphatic carbocycles. The molecular formula is C11H16O3. The Morgan fingerprint density at radius 2 is 1.79 bits per heavy atom. The summed E-state index contributed by atoms with van der Waals surface area (Å²) >= 11 is 0. The Hall–Kier alpha value is -1.06. The Kier molecular flexibility index (Phi) is 3.92. The van der Waals surface area contributed by atoms with Crippen LogP contribution in [0.4, 0.5) is 0 Å². The molecule has 14 heavy (non-hydrogen) atoms. The summed E-state index contributed by atoms with van der Waals surface area (Å²) in [7, 11) is 1.59. The van der Waals surface area contributed by atoms with E-state index in [0.717, 1.165) is 5.75 Å². The van der Waals surface area contributed by atoms with Crippen LogP contribution in [-0.4, -0.2) is 23.4 Å². The molecule has 1 aromatic carbocycles. The minimum absolute atomic E-state index is 0.535. The molecule has 3 nitrogen and oxygen atoms in total. The minimum Gasteiger partial charge on any atom is -0.497 e. The second kappa shape index (κ2) is 4.98. The van der Waals surface area contributed by atoms with E-state index in [9.17, 15) is 10.2 Å². The number of aliphatic hydroxyl groups excluding tert-OH is 2. The smallest absolute Gasteiger partial charge is 0.118 e. The van der Waals surface area contributed by atoms with E-state index in [0.29, 0.717) is 12.0 Å². The first kappa shape index (κ1) is 11.0. The molecular weight excluding hydrogens is 180 g/mol. The third-order valence-electron chi connectivity index (χ3n) is 2.24. The van der Waals surface area contributed by atoms with Gasteiger partial charge in [-0.2, -0.15) is 0 Å². The summed E-state index contributed by atoms with van der Waals surface area (Å²) in [6.07, 6.45) is -0.984. The van der Waals surface area contributed by atoms with Gasteiger partial charge in [0.1, 0.15) is 11.9 Å². The maximum absolute atomic E-state index is 9.66. The molecule has 0 radical (unpaired) electrons. The van der Waals surface area contributed by atoms with Gasteiger partial charge in [0.05, 0.1) is 13.2 Å². The zero-order valence-corrected chi connectivity index (χ0v) is 8.47. The largest absolute Gasteiger partial charge is 0.497 e. The van der Waals surface area contributed by atoms with Crippen molar-refractivity contribution in [3.8, 4) is 5.75 Å². The van der Waals surface area contributed by atoms with Crippen LogP contribution in [0.5, 0.6) is 5.75 Å². The minimum atomic E-state index is -0.814. The summed E-state index contributed by atoms with van der Waals surface area (Å²) in [4.78, 5) is 0. The van der Waals surface area contributed by atoms with Gasteiger partial charge >= 0.3 is 0 Å². The maximum atomic E-state index is 9.66. The van der Waals surface area contributed by atoms with Crippen molar-refractivity contribution in [2.75, 3.05) is 7.11 Å². The highest BCUT2D eigenvalue weighted by molar-refractivity contribution is 5.28. The molecule has 0 spiro atoms. The third kappa shape index (κ3) is 2.47. The summed E-state index contributed by atoms with van der Waals surface area (Å²) in [6.45, 7) is 1.83. The van der Waals surface area contributed by atoms with Gasteiger partial charge in [-0.05, 0) is 24.1 Å². The van der Waals surface area contributed by atoms with E-state index in [1.807, 2.05) is 6.92 Å². The van der Waals surface area contributed by atoms with Crippen molar-refractivity contribution in [2.45, 2.75) is 25.6 Å². The van der Waals surface area contributed by atoms with Gasteiger partial charge in [0.2, 0.25) is 0 Å². The van der Waals surface area contributed by atoms with Crippen LogP contribution in [0.2, 0.25) is 0 Å². The third-order valence-corrected chi connectivity index (χ3v) is 2.24. The summed E-state index contributed by atoms with van der Waals surface area (Å²) in [5.41, 5.74) is 0.708. The zero-order valence-electron chi connectivity index (χ0n) is 8.47. The van der Waals surface area contributed by atoms with Crippen molar-refractivity contribution >= 4 is 0 Å². The monoisotopic (exact) mass is 196 g/mol. The molecule has 0 bridgehead atoms. The number of ether oxygens (including phenoxy) is 1. The second-order valence-electron chi connectivity index (χ2n) is 3.19. The lowest BCUT2D eigenvalue weighted by atomic mass is 10.0. The lowest BCUT2D eigenvalue weighted by Gasteiger charge is -2.16. The molecule has 0 unspecified atom stereocenters. The van der Waals surface area contributed by atoms with Gasteiger partial charge in [-0.25, -0.2) is 0 Å². The highest BCUT2D eigenvalue weighted by Crippen LogP contribution is 2.21.